The summed E-state index contributed by atoms with van der Waals surface area (Å²) in [6.07, 6.45) is 5.08. The van der Waals surface area contributed by atoms with Crippen LogP contribution in [0, 0.1) is 0 Å². The van der Waals surface area contributed by atoms with Crippen molar-refractivity contribution in [1.29, 1.82) is 0 Å². The third kappa shape index (κ3) is 4.12. The fourth-order valence-corrected chi connectivity index (χ4v) is 2.40. The second kappa shape index (κ2) is 6.78. The Balaban J connectivity index is 2.11. The van der Waals surface area contributed by atoms with E-state index in [1.54, 1.807) is 0 Å². The number of rotatable bonds is 4. The first-order valence-corrected chi connectivity index (χ1v) is 7.46. The molecule has 2 aromatic carbocycles. The number of halogens is 1. The van der Waals surface area contributed by atoms with E-state index in [0.29, 0.717) is 0 Å². The molecule has 0 atom stereocenters. The molecule has 0 radical (unpaired) electrons. The SMILES string of the molecule is CCc1ccc(C(=S)C=Cc2cccc(Br)c2)cc1. The molecule has 0 saturated heterocycles. The van der Waals surface area contributed by atoms with E-state index in [1.807, 2.05) is 24.3 Å². The van der Waals surface area contributed by atoms with Gasteiger partial charge in [-0.25, -0.2) is 0 Å². The quantitative estimate of drug-likeness (QED) is 0.408. The summed E-state index contributed by atoms with van der Waals surface area (Å²) in [7, 11) is 0. The molecular weight excluding hydrogens is 316 g/mol. The molecule has 0 aliphatic rings. The molecule has 0 amide bonds. The van der Waals surface area contributed by atoms with E-state index in [4.69, 9.17) is 12.2 Å². The Morgan fingerprint density at radius 3 is 2.53 bits per heavy atom. The standard InChI is InChI=1S/C17H15BrS/c1-2-13-6-9-15(10-7-13)17(19)11-8-14-4-3-5-16(18)12-14/h3-12H,2H2,1H3. The third-order valence-electron chi connectivity index (χ3n) is 2.92. The Morgan fingerprint density at radius 2 is 1.89 bits per heavy atom. The highest BCUT2D eigenvalue weighted by molar-refractivity contribution is 9.10. The van der Waals surface area contributed by atoms with E-state index in [9.17, 15) is 0 Å². The summed E-state index contributed by atoms with van der Waals surface area (Å²) in [5, 5.41) is 0. The highest BCUT2D eigenvalue weighted by Crippen LogP contribution is 2.14. The molecule has 0 nitrogen and oxygen atoms in total. The molecular formula is C17H15BrS. The van der Waals surface area contributed by atoms with Gasteiger partial charge >= 0.3 is 0 Å². The lowest BCUT2D eigenvalue weighted by Gasteiger charge is -2.01. The van der Waals surface area contributed by atoms with Crippen molar-refractivity contribution in [2.24, 2.45) is 0 Å². The Morgan fingerprint density at radius 1 is 1.16 bits per heavy atom. The lowest BCUT2D eigenvalue weighted by molar-refractivity contribution is 1.14. The van der Waals surface area contributed by atoms with Gasteiger partial charge in [0.1, 0.15) is 0 Å². The van der Waals surface area contributed by atoms with Crippen LogP contribution in [-0.2, 0) is 6.42 Å². The summed E-state index contributed by atoms with van der Waals surface area (Å²) in [5.74, 6) is 0. The highest BCUT2D eigenvalue weighted by atomic mass is 79.9. The fourth-order valence-electron chi connectivity index (χ4n) is 1.78. The lowest BCUT2D eigenvalue weighted by atomic mass is 10.1. The smallest absolute Gasteiger partial charge is 0.0449 e. The Labute approximate surface area is 128 Å². The average molecular weight is 331 g/mol. The predicted octanol–water partition coefficient (Wildman–Crippen LogP) is 5.44. The number of hydrogen-bond acceptors (Lipinski definition) is 1. The van der Waals surface area contributed by atoms with Gasteiger partial charge in [-0.3, -0.25) is 0 Å². The molecule has 0 heterocycles. The second-order valence-electron chi connectivity index (χ2n) is 4.30. The minimum absolute atomic E-state index is 0.864. The van der Waals surface area contributed by atoms with Gasteiger partial charge in [-0.05, 0) is 41.3 Å². The van der Waals surface area contributed by atoms with Gasteiger partial charge in [0, 0.05) is 9.34 Å². The summed E-state index contributed by atoms with van der Waals surface area (Å²) < 4.78 is 1.08. The molecule has 0 saturated carbocycles. The summed E-state index contributed by atoms with van der Waals surface area (Å²) in [5.41, 5.74) is 3.57. The van der Waals surface area contributed by atoms with Crippen molar-refractivity contribution in [1.82, 2.24) is 0 Å². The molecule has 0 spiro atoms. The van der Waals surface area contributed by atoms with Crippen LogP contribution in [0.1, 0.15) is 23.6 Å². The van der Waals surface area contributed by atoms with Crippen molar-refractivity contribution >= 4 is 39.1 Å². The van der Waals surface area contributed by atoms with Gasteiger partial charge in [0.25, 0.3) is 0 Å². The van der Waals surface area contributed by atoms with Gasteiger partial charge in [0.15, 0.2) is 0 Å². The largest absolute Gasteiger partial charge is 0.0795 e. The van der Waals surface area contributed by atoms with E-state index in [-0.39, 0.29) is 0 Å². The van der Waals surface area contributed by atoms with Crippen LogP contribution < -0.4 is 0 Å². The van der Waals surface area contributed by atoms with E-state index in [0.717, 1.165) is 26.9 Å². The zero-order valence-corrected chi connectivity index (χ0v) is 13.2. The van der Waals surface area contributed by atoms with Gasteiger partial charge in [0.05, 0.1) is 0 Å². The molecule has 19 heavy (non-hydrogen) atoms. The van der Waals surface area contributed by atoms with Gasteiger partial charge in [-0.15, -0.1) is 0 Å². The van der Waals surface area contributed by atoms with E-state index in [1.165, 1.54) is 5.56 Å². The molecule has 0 aromatic heterocycles. The van der Waals surface area contributed by atoms with Crippen molar-refractivity contribution < 1.29 is 0 Å². The molecule has 2 aromatic rings. The fraction of sp³-hybridized carbons (Fsp3) is 0.118. The lowest BCUT2D eigenvalue weighted by Crippen LogP contribution is -1.92. The van der Waals surface area contributed by atoms with Gasteiger partial charge in [0.2, 0.25) is 0 Å². The number of aryl methyl sites for hydroxylation is 1. The molecule has 0 aliphatic carbocycles. The Bertz CT molecular complexity index is 597. The average Bonchev–Trinajstić information content (AvgIpc) is 2.45. The summed E-state index contributed by atoms with van der Waals surface area (Å²) >= 11 is 8.90. The molecule has 2 heteroatoms. The maximum absolute atomic E-state index is 5.43. The molecule has 0 bridgehead atoms. The minimum atomic E-state index is 0.864. The van der Waals surface area contributed by atoms with Crippen molar-refractivity contribution in [2.75, 3.05) is 0 Å². The maximum atomic E-state index is 5.43. The summed E-state index contributed by atoms with van der Waals surface area (Å²) in [6.45, 7) is 2.15. The van der Waals surface area contributed by atoms with Crippen molar-refractivity contribution in [3.8, 4) is 0 Å². The zero-order chi connectivity index (χ0) is 13.7. The Kier molecular flexibility index (Phi) is 5.06. The van der Waals surface area contributed by atoms with Gasteiger partial charge in [-0.1, -0.05) is 77.5 Å². The van der Waals surface area contributed by atoms with Crippen LogP contribution in [0.15, 0.2) is 59.1 Å². The topological polar surface area (TPSA) is 0 Å². The molecule has 0 N–H and O–H groups in total. The second-order valence-corrected chi connectivity index (χ2v) is 5.66. The van der Waals surface area contributed by atoms with E-state index >= 15 is 0 Å². The van der Waals surface area contributed by atoms with Crippen molar-refractivity contribution in [3.05, 3.63) is 75.8 Å². The monoisotopic (exact) mass is 330 g/mol. The summed E-state index contributed by atoms with van der Waals surface area (Å²) in [4.78, 5) is 0.864. The predicted molar refractivity (Wildman–Crippen MR) is 90.7 cm³/mol. The van der Waals surface area contributed by atoms with Crippen molar-refractivity contribution in [2.45, 2.75) is 13.3 Å². The van der Waals surface area contributed by atoms with Crippen LogP contribution in [0.25, 0.3) is 6.08 Å². The van der Waals surface area contributed by atoms with Crippen LogP contribution in [0.2, 0.25) is 0 Å². The first kappa shape index (κ1) is 14.2. The van der Waals surface area contributed by atoms with Crippen molar-refractivity contribution in [3.63, 3.8) is 0 Å². The molecule has 0 aliphatic heterocycles. The highest BCUT2D eigenvalue weighted by Gasteiger charge is 1.97. The van der Waals surface area contributed by atoms with E-state index < -0.39 is 0 Å². The maximum Gasteiger partial charge on any atom is 0.0449 e. The third-order valence-corrected chi connectivity index (χ3v) is 3.79. The van der Waals surface area contributed by atoms with E-state index in [2.05, 4.69) is 59.3 Å². The first-order valence-electron chi connectivity index (χ1n) is 6.26. The normalized spacial score (nSPS) is 10.8. The molecule has 0 fully saturated rings. The number of hydrogen-bond donors (Lipinski definition) is 0. The number of allylic oxidation sites excluding steroid dienone is 1. The van der Waals surface area contributed by atoms with Gasteiger partial charge < -0.3 is 0 Å². The van der Waals surface area contributed by atoms with Crippen LogP contribution in [-0.4, -0.2) is 4.86 Å². The summed E-state index contributed by atoms with van der Waals surface area (Å²) in [6, 6.07) is 16.6. The minimum Gasteiger partial charge on any atom is -0.0795 e. The zero-order valence-electron chi connectivity index (χ0n) is 10.8. The number of benzene rings is 2. The van der Waals surface area contributed by atoms with Crippen LogP contribution in [0.5, 0.6) is 0 Å². The molecule has 96 valence electrons. The number of thiocarbonyl (C=S) groups is 1. The van der Waals surface area contributed by atoms with Crippen LogP contribution in [0.4, 0.5) is 0 Å². The molecule has 2 rings (SSSR count). The molecule has 0 unspecified atom stereocenters. The van der Waals surface area contributed by atoms with Crippen LogP contribution in [0.3, 0.4) is 0 Å². The van der Waals surface area contributed by atoms with Gasteiger partial charge in [-0.2, -0.15) is 0 Å². The Hall–Kier alpha value is -1.25. The first-order chi connectivity index (χ1) is 9.19. The van der Waals surface area contributed by atoms with Crippen LogP contribution >= 0.6 is 28.1 Å².